The summed E-state index contributed by atoms with van der Waals surface area (Å²) in [6, 6.07) is 0.520. The fraction of sp³-hybridized carbons (Fsp3) is 0.875. The first kappa shape index (κ1) is 8.53. The molecule has 0 spiro atoms. The lowest BCUT2D eigenvalue weighted by Gasteiger charge is -2.17. The molecule has 1 saturated heterocycles. The summed E-state index contributed by atoms with van der Waals surface area (Å²) in [6.07, 6.45) is 3.52. The van der Waals surface area contributed by atoms with Gasteiger partial charge in [-0.15, -0.1) is 0 Å². The molecule has 1 heterocycles. The third-order valence-electron chi connectivity index (χ3n) is 2.36. The van der Waals surface area contributed by atoms with Crippen LogP contribution in [0.15, 0.2) is 0 Å². The number of carboxylic acids is 1. The minimum absolute atomic E-state index is 0.314. The van der Waals surface area contributed by atoms with Crippen LogP contribution in [-0.4, -0.2) is 35.6 Å². The Labute approximate surface area is 67.0 Å². The van der Waals surface area contributed by atoms with Crippen molar-refractivity contribution in [3.05, 3.63) is 0 Å². The SMILES string of the molecule is CN1CCCC1CCC(=O)O. The van der Waals surface area contributed by atoms with Crippen molar-refractivity contribution in [1.82, 2.24) is 4.90 Å². The van der Waals surface area contributed by atoms with E-state index in [9.17, 15) is 4.79 Å². The van der Waals surface area contributed by atoms with E-state index in [-0.39, 0.29) is 0 Å². The molecule has 0 radical (unpaired) electrons. The van der Waals surface area contributed by atoms with Crippen molar-refractivity contribution in [2.45, 2.75) is 31.7 Å². The average molecular weight is 157 g/mol. The third-order valence-corrected chi connectivity index (χ3v) is 2.36. The number of hydrogen-bond acceptors (Lipinski definition) is 2. The Morgan fingerprint density at radius 1 is 1.73 bits per heavy atom. The second kappa shape index (κ2) is 3.72. The van der Waals surface area contributed by atoms with Gasteiger partial charge in [-0.2, -0.15) is 0 Å². The minimum atomic E-state index is -0.676. The van der Waals surface area contributed by atoms with Crippen LogP contribution in [0.4, 0.5) is 0 Å². The standard InChI is InChI=1S/C8H15NO2/c1-9-6-2-3-7(9)4-5-8(10)11/h7H,2-6H2,1H3,(H,10,11). The second-order valence-electron chi connectivity index (χ2n) is 3.21. The average Bonchev–Trinajstić information content (AvgIpc) is 2.31. The Bertz CT molecular complexity index is 147. The summed E-state index contributed by atoms with van der Waals surface area (Å²) in [6.45, 7) is 1.13. The molecule has 0 aromatic carbocycles. The fourth-order valence-corrected chi connectivity index (χ4v) is 1.63. The summed E-state index contributed by atoms with van der Waals surface area (Å²) in [5, 5.41) is 8.44. The Balaban J connectivity index is 2.20. The molecule has 0 aromatic rings. The largest absolute Gasteiger partial charge is 0.481 e. The molecule has 1 aliphatic heterocycles. The van der Waals surface area contributed by atoms with Crippen LogP contribution in [0.3, 0.4) is 0 Å². The lowest BCUT2D eigenvalue weighted by atomic mass is 10.1. The number of likely N-dealkylation sites (tertiary alicyclic amines) is 1. The van der Waals surface area contributed by atoms with Crippen LogP contribution in [0, 0.1) is 0 Å². The van der Waals surface area contributed by atoms with Gasteiger partial charge in [0.2, 0.25) is 0 Å². The molecule has 1 aliphatic rings. The van der Waals surface area contributed by atoms with Crippen LogP contribution >= 0.6 is 0 Å². The van der Waals surface area contributed by atoms with Crippen molar-refractivity contribution in [2.24, 2.45) is 0 Å². The Hall–Kier alpha value is -0.570. The summed E-state index contributed by atoms with van der Waals surface area (Å²) < 4.78 is 0. The normalized spacial score (nSPS) is 25.7. The molecule has 0 aliphatic carbocycles. The highest BCUT2D eigenvalue weighted by Gasteiger charge is 2.20. The van der Waals surface area contributed by atoms with E-state index in [1.807, 2.05) is 0 Å². The van der Waals surface area contributed by atoms with Crippen molar-refractivity contribution in [3.63, 3.8) is 0 Å². The van der Waals surface area contributed by atoms with E-state index >= 15 is 0 Å². The van der Waals surface area contributed by atoms with Gasteiger partial charge in [0, 0.05) is 12.5 Å². The first-order valence-electron chi connectivity index (χ1n) is 4.12. The van der Waals surface area contributed by atoms with E-state index in [0.717, 1.165) is 13.0 Å². The highest BCUT2D eigenvalue weighted by Crippen LogP contribution is 2.18. The van der Waals surface area contributed by atoms with Gasteiger partial charge < -0.3 is 10.0 Å². The first-order valence-corrected chi connectivity index (χ1v) is 4.12. The Morgan fingerprint density at radius 2 is 2.45 bits per heavy atom. The predicted molar refractivity (Wildman–Crippen MR) is 42.5 cm³/mol. The molecule has 11 heavy (non-hydrogen) atoms. The zero-order valence-corrected chi connectivity index (χ0v) is 6.92. The number of aliphatic carboxylic acids is 1. The number of rotatable bonds is 3. The Morgan fingerprint density at radius 3 is 2.91 bits per heavy atom. The van der Waals surface area contributed by atoms with Crippen molar-refractivity contribution in [3.8, 4) is 0 Å². The van der Waals surface area contributed by atoms with Gasteiger partial charge in [-0.25, -0.2) is 0 Å². The highest BCUT2D eigenvalue weighted by molar-refractivity contribution is 5.66. The molecule has 1 N–H and O–H groups in total. The summed E-state index contributed by atoms with van der Waals surface area (Å²) in [7, 11) is 2.07. The molecule has 64 valence electrons. The zero-order chi connectivity index (χ0) is 8.27. The van der Waals surface area contributed by atoms with Gasteiger partial charge in [0.15, 0.2) is 0 Å². The lowest BCUT2D eigenvalue weighted by Crippen LogP contribution is -2.25. The maximum Gasteiger partial charge on any atom is 0.303 e. The third kappa shape index (κ3) is 2.50. The Kier molecular flexibility index (Phi) is 2.88. The summed E-state index contributed by atoms with van der Waals surface area (Å²) in [4.78, 5) is 12.5. The first-order chi connectivity index (χ1) is 5.20. The van der Waals surface area contributed by atoms with Crippen molar-refractivity contribution in [1.29, 1.82) is 0 Å². The van der Waals surface area contributed by atoms with E-state index in [4.69, 9.17) is 5.11 Å². The van der Waals surface area contributed by atoms with Gasteiger partial charge in [0.1, 0.15) is 0 Å². The monoisotopic (exact) mass is 157 g/mol. The molecule has 0 bridgehead atoms. The molecule has 1 rings (SSSR count). The van der Waals surface area contributed by atoms with E-state index in [2.05, 4.69) is 11.9 Å². The summed E-state index contributed by atoms with van der Waals surface area (Å²) >= 11 is 0. The molecule has 3 heteroatoms. The highest BCUT2D eigenvalue weighted by atomic mass is 16.4. The van der Waals surface area contributed by atoms with Crippen LogP contribution in [-0.2, 0) is 4.79 Å². The maximum absolute atomic E-state index is 10.2. The summed E-state index contributed by atoms with van der Waals surface area (Å²) in [5.74, 6) is -0.676. The number of carbonyl (C=O) groups is 1. The van der Waals surface area contributed by atoms with Gasteiger partial charge in [-0.1, -0.05) is 0 Å². The topological polar surface area (TPSA) is 40.5 Å². The van der Waals surface area contributed by atoms with Gasteiger partial charge >= 0.3 is 5.97 Å². The second-order valence-corrected chi connectivity index (χ2v) is 3.21. The fourth-order valence-electron chi connectivity index (χ4n) is 1.63. The summed E-state index contributed by atoms with van der Waals surface area (Å²) in [5.41, 5.74) is 0. The van der Waals surface area contributed by atoms with Crippen LogP contribution in [0.1, 0.15) is 25.7 Å². The van der Waals surface area contributed by atoms with Gasteiger partial charge in [0.25, 0.3) is 0 Å². The van der Waals surface area contributed by atoms with Crippen LogP contribution in [0.2, 0.25) is 0 Å². The molecular formula is C8H15NO2. The molecule has 1 fully saturated rings. The lowest BCUT2D eigenvalue weighted by molar-refractivity contribution is -0.137. The quantitative estimate of drug-likeness (QED) is 0.663. The van der Waals surface area contributed by atoms with E-state index in [0.29, 0.717) is 12.5 Å². The van der Waals surface area contributed by atoms with Crippen LogP contribution in [0.25, 0.3) is 0 Å². The van der Waals surface area contributed by atoms with Crippen molar-refractivity contribution >= 4 is 5.97 Å². The van der Waals surface area contributed by atoms with Gasteiger partial charge in [-0.3, -0.25) is 4.79 Å². The molecule has 0 saturated carbocycles. The molecule has 1 unspecified atom stereocenters. The molecule has 0 amide bonds. The van der Waals surface area contributed by atoms with Crippen molar-refractivity contribution in [2.75, 3.05) is 13.6 Å². The van der Waals surface area contributed by atoms with E-state index < -0.39 is 5.97 Å². The predicted octanol–water partition coefficient (Wildman–Crippen LogP) is 0.945. The van der Waals surface area contributed by atoms with E-state index in [1.54, 1.807) is 0 Å². The maximum atomic E-state index is 10.2. The smallest absolute Gasteiger partial charge is 0.303 e. The number of nitrogens with zero attached hydrogens (tertiary/aromatic N) is 1. The molecule has 1 atom stereocenters. The minimum Gasteiger partial charge on any atom is -0.481 e. The van der Waals surface area contributed by atoms with Crippen LogP contribution < -0.4 is 0 Å². The number of hydrogen-bond donors (Lipinski definition) is 1. The van der Waals surface area contributed by atoms with Gasteiger partial charge in [-0.05, 0) is 32.9 Å². The van der Waals surface area contributed by atoms with Crippen LogP contribution in [0.5, 0.6) is 0 Å². The van der Waals surface area contributed by atoms with Gasteiger partial charge in [0.05, 0.1) is 0 Å². The molecule has 0 aromatic heterocycles. The van der Waals surface area contributed by atoms with E-state index in [1.165, 1.54) is 12.8 Å². The number of carboxylic acid groups (broad SMARTS) is 1. The van der Waals surface area contributed by atoms with Crippen molar-refractivity contribution < 1.29 is 9.90 Å². The molecular weight excluding hydrogens is 142 g/mol. The zero-order valence-electron chi connectivity index (χ0n) is 6.92. The molecule has 3 nitrogen and oxygen atoms in total.